The molecular weight excluding hydrogens is 264 g/mol. The SMILES string of the molecule is C=CCN1C(=O)C(C(C)(C)C)NC(=O)C1c1ccccc1. The van der Waals surface area contributed by atoms with Crippen LogP contribution in [0.1, 0.15) is 32.4 Å². The van der Waals surface area contributed by atoms with Gasteiger partial charge >= 0.3 is 0 Å². The second-order valence-electron chi connectivity index (χ2n) is 6.40. The molecule has 1 aliphatic rings. The lowest BCUT2D eigenvalue weighted by atomic mass is 9.83. The van der Waals surface area contributed by atoms with Gasteiger partial charge in [-0.2, -0.15) is 0 Å². The van der Waals surface area contributed by atoms with Crippen LogP contribution in [-0.4, -0.2) is 29.3 Å². The van der Waals surface area contributed by atoms with E-state index in [1.807, 2.05) is 51.1 Å². The van der Waals surface area contributed by atoms with Gasteiger partial charge in [-0.15, -0.1) is 6.58 Å². The van der Waals surface area contributed by atoms with Crippen molar-refractivity contribution in [2.75, 3.05) is 6.54 Å². The molecule has 0 saturated carbocycles. The first-order valence-corrected chi connectivity index (χ1v) is 7.13. The Bertz CT molecular complexity index is 546. The fraction of sp³-hybridized carbons (Fsp3) is 0.412. The van der Waals surface area contributed by atoms with Crippen LogP contribution in [0.4, 0.5) is 0 Å². The van der Waals surface area contributed by atoms with E-state index in [9.17, 15) is 9.59 Å². The molecule has 21 heavy (non-hydrogen) atoms. The number of nitrogens with zero attached hydrogens (tertiary/aromatic N) is 1. The van der Waals surface area contributed by atoms with Crippen molar-refractivity contribution >= 4 is 11.8 Å². The van der Waals surface area contributed by atoms with E-state index in [1.54, 1.807) is 11.0 Å². The average molecular weight is 286 g/mol. The number of rotatable bonds is 3. The molecule has 0 radical (unpaired) electrons. The third kappa shape index (κ3) is 2.99. The van der Waals surface area contributed by atoms with Gasteiger partial charge in [-0.1, -0.05) is 57.2 Å². The van der Waals surface area contributed by atoms with E-state index >= 15 is 0 Å². The summed E-state index contributed by atoms with van der Waals surface area (Å²) >= 11 is 0. The Morgan fingerprint density at radius 3 is 2.38 bits per heavy atom. The minimum absolute atomic E-state index is 0.0594. The van der Waals surface area contributed by atoms with Gasteiger partial charge in [0, 0.05) is 6.54 Å². The van der Waals surface area contributed by atoms with Crippen molar-refractivity contribution in [2.45, 2.75) is 32.9 Å². The minimum atomic E-state index is -0.588. The molecule has 2 amide bonds. The molecular formula is C17H22N2O2. The van der Waals surface area contributed by atoms with Gasteiger partial charge in [0.15, 0.2) is 0 Å². The normalized spacial score (nSPS) is 22.9. The summed E-state index contributed by atoms with van der Waals surface area (Å²) in [5, 5.41) is 2.88. The standard InChI is InChI=1S/C17H22N2O2/c1-5-11-19-13(12-9-7-6-8-10-12)15(20)18-14(16(19)21)17(2,3)4/h5-10,13-14H,1,11H2,2-4H3,(H,18,20). The molecule has 4 heteroatoms. The summed E-state index contributed by atoms with van der Waals surface area (Å²) in [7, 11) is 0. The molecule has 0 aliphatic carbocycles. The van der Waals surface area contributed by atoms with Gasteiger partial charge in [0.05, 0.1) is 0 Å². The highest BCUT2D eigenvalue weighted by molar-refractivity contribution is 5.98. The molecule has 112 valence electrons. The third-order valence-corrected chi connectivity index (χ3v) is 3.68. The Labute approximate surface area is 125 Å². The first-order chi connectivity index (χ1) is 9.86. The Morgan fingerprint density at radius 2 is 1.86 bits per heavy atom. The molecule has 2 rings (SSSR count). The topological polar surface area (TPSA) is 49.4 Å². The van der Waals surface area contributed by atoms with E-state index in [1.165, 1.54) is 0 Å². The summed E-state index contributed by atoms with van der Waals surface area (Å²) in [6.45, 7) is 9.91. The van der Waals surface area contributed by atoms with E-state index in [0.29, 0.717) is 6.54 Å². The predicted molar refractivity (Wildman–Crippen MR) is 82.5 cm³/mol. The summed E-state index contributed by atoms with van der Waals surface area (Å²) < 4.78 is 0. The lowest BCUT2D eigenvalue weighted by molar-refractivity contribution is -0.152. The maximum Gasteiger partial charge on any atom is 0.248 e. The van der Waals surface area contributed by atoms with Gasteiger partial charge in [-0.3, -0.25) is 9.59 Å². The molecule has 1 saturated heterocycles. The number of nitrogens with one attached hydrogen (secondary N) is 1. The highest BCUT2D eigenvalue weighted by atomic mass is 16.2. The van der Waals surface area contributed by atoms with Gasteiger partial charge in [0.25, 0.3) is 0 Å². The molecule has 1 aliphatic heterocycles. The van der Waals surface area contributed by atoms with Crippen LogP contribution in [0, 0.1) is 5.41 Å². The minimum Gasteiger partial charge on any atom is -0.342 e. The summed E-state index contributed by atoms with van der Waals surface area (Å²) in [5.41, 5.74) is 0.492. The van der Waals surface area contributed by atoms with Crippen molar-refractivity contribution in [1.82, 2.24) is 10.2 Å². The number of carbonyl (C=O) groups is 2. The fourth-order valence-corrected chi connectivity index (χ4v) is 2.61. The van der Waals surface area contributed by atoms with Gasteiger partial charge in [0.1, 0.15) is 12.1 Å². The summed E-state index contributed by atoms with van der Waals surface area (Å²) in [6, 6.07) is 8.27. The van der Waals surface area contributed by atoms with Crippen LogP contribution >= 0.6 is 0 Å². The molecule has 0 aromatic heterocycles. The van der Waals surface area contributed by atoms with Crippen LogP contribution in [-0.2, 0) is 9.59 Å². The van der Waals surface area contributed by atoms with Crippen LogP contribution in [0.25, 0.3) is 0 Å². The van der Waals surface area contributed by atoms with Gasteiger partial charge in [-0.05, 0) is 11.0 Å². The largest absolute Gasteiger partial charge is 0.342 e. The van der Waals surface area contributed by atoms with E-state index in [4.69, 9.17) is 0 Å². The van der Waals surface area contributed by atoms with E-state index in [0.717, 1.165) is 5.56 Å². The van der Waals surface area contributed by atoms with Crippen molar-refractivity contribution in [3.63, 3.8) is 0 Å². The highest BCUT2D eigenvalue weighted by Gasteiger charge is 2.45. The Kier molecular flexibility index (Phi) is 4.16. The molecule has 1 N–H and O–H groups in total. The van der Waals surface area contributed by atoms with Crippen molar-refractivity contribution < 1.29 is 9.59 Å². The Hall–Kier alpha value is -2.10. The maximum absolute atomic E-state index is 12.8. The van der Waals surface area contributed by atoms with Gasteiger partial charge in [0.2, 0.25) is 11.8 Å². The zero-order valence-electron chi connectivity index (χ0n) is 12.8. The molecule has 4 nitrogen and oxygen atoms in total. The van der Waals surface area contributed by atoms with Crippen LogP contribution in [0.5, 0.6) is 0 Å². The zero-order valence-corrected chi connectivity index (χ0v) is 12.8. The predicted octanol–water partition coefficient (Wildman–Crippen LogP) is 2.29. The van der Waals surface area contributed by atoms with Crippen molar-refractivity contribution in [1.29, 1.82) is 0 Å². The quantitative estimate of drug-likeness (QED) is 0.867. The first-order valence-electron chi connectivity index (χ1n) is 7.13. The third-order valence-electron chi connectivity index (χ3n) is 3.68. The summed E-state index contributed by atoms with van der Waals surface area (Å²) in [5.74, 6) is -0.196. The molecule has 1 aromatic carbocycles. The van der Waals surface area contributed by atoms with Crippen LogP contribution < -0.4 is 5.32 Å². The fourth-order valence-electron chi connectivity index (χ4n) is 2.61. The molecule has 0 bridgehead atoms. The monoisotopic (exact) mass is 286 g/mol. The van der Waals surface area contributed by atoms with Crippen LogP contribution in [0.15, 0.2) is 43.0 Å². The van der Waals surface area contributed by atoms with Gasteiger partial charge in [-0.25, -0.2) is 0 Å². The van der Waals surface area contributed by atoms with Crippen LogP contribution in [0.3, 0.4) is 0 Å². The molecule has 1 aromatic rings. The number of hydrogen-bond donors (Lipinski definition) is 1. The lowest BCUT2D eigenvalue weighted by Gasteiger charge is -2.43. The second kappa shape index (κ2) is 5.72. The van der Waals surface area contributed by atoms with Crippen molar-refractivity contribution in [3.8, 4) is 0 Å². The van der Waals surface area contributed by atoms with Crippen molar-refractivity contribution in [3.05, 3.63) is 48.6 Å². The first kappa shape index (κ1) is 15.3. The highest BCUT2D eigenvalue weighted by Crippen LogP contribution is 2.31. The number of benzene rings is 1. The summed E-state index contributed by atoms with van der Waals surface area (Å²) in [4.78, 5) is 26.9. The second-order valence-corrected chi connectivity index (χ2v) is 6.40. The molecule has 2 unspecified atom stereocenters. The van der Waals surface area contributed by atoms with Crippen LogP contribution in [0.2, 0.25) is 0 Å². The van der Waals surface area contributed by atoms with E-state index < -0.39 is 12.1 Å². The zero-order chi connectivity index (χ0) is 15.6. The van der Waals surface area contributed by atoms with E-state index in [2.05, 4.69) is 11.9 Å². The Morgan fingerprint density at radius 1 is 1.24 bits per heavy atom. The number of amides is 2. The molecule has 1 heterocycles. The Balaban J connectivity index is 2.40. The summed E-state index contributed by atoms with van der Waals surface area (Å²) in [6.07, 6.45) is 1.66. The van der Waals surface area contributed by atoms with Gasteiger partial charge < -0.3 is 10.2 Å². The average Bonchev–Trinajstić information content (AvgIpc) is 2.42. The maximum atomic E-state index is 12.8. The number of hydrogen-bond acceptors (Lipinski definition) is 2. The van der Waals surface area contributed by atoms with E-state index in [-0.39, 0.29) is 17.2 Å². The molecule has 0 spiro atoms. The molecule has 2 atom stereocenters. The molecule has 1 fully saturated rings. The van der Waals surface area contributed by atoms with Crippen molar-refractivity contribution in [2.24, 2.45) is 5.41 Å². The number of piperazine rings is 1. The smallest absolute Gasteiger partial charge is 0.248 e. The lowest BCUT2D eigenvalue weighted by Crippen LogP contribution is -2.63. The number of carbonyl (C=O) groups excluding carboxylic acids is 2.